The van der Waals surface area contributed by atoms with Gasteiger partial charge in [-0.1, -0.05) is 23.7 Å². The molecule has 1 aromatic carbocycles. The maximum atomic E-state index is 12.0. The van der Waals surface area contributed by atoms with E-state index in [1.54, 1.807) is 24.3 Å². The first kappa shape index (κ1) is 18.5. The lowest BCUT2D eigenvalue weighted by Gasteiger charge is -2.11. The fraction of sp³-hybridized carbons (Fsp3) is 0.235. The van der Waals surface area contributed by atoms with Crippen LogP contribution in [0.2, 0.25) is 5.02 Å². The first-order valence-corrected chi connectivity index (χ1v) is 7.67. The fourth-order valence-corrected chi connectivity index (χ4v) is 1.99. The summed E-state index contributed by atoms with van der Waals surface area (Å²) in [6, 6.07) is 7.07. The van der Waals surface area contributed by atoms with Crippen LogP contribution in [0.25, 0.3) is 0 Å². The maximum Gasteiger partial charge on any atom is 0.328 e. The van der Waals surface area contributed by atoms with E-state index < -0.39 is 23.3 Å². The van der Waals surface area contributed by atoms with Crippen LogP contribution in [-0.4, -0.2) is 25.0 Å². The smallest absolute Gasteiger partial charge is 0.328 e. The largest absolute Gasteiger partial charge is 0.482 e. The molecule has 0 bridgehead atoms. The molecule has 0 aliphatic heterocycles. The Balaban J connectivity index is 2.02. The van der Waals surface area contributed by atoms with Crippen LogP contribution in [0.15, 0.2) is 45.8 Å². The standard InChI is InChI=1S/C17H16ClNO6/c1-10(17(22)23-2)19-16(21)14-7-13(20)15(9-25-14)24-8-11-3-5-12(18)6-4-11/h3-7,9-10H,8H2,1-2H3,(H,19,21)/t10-/m0/s1. The molecule has 0 spiro atoms. The van der Waals surface area contributed by atoms with E-state index in [9.17, 15) is 14.4 Å². The van der Waals surface area contributed by atoms with Crippen LogP contribution in [0.3, 0.4) is 0 Å². The predicted octanol–water partition coefficient (Wildman–Crippen LogP) is 2.16. The van der Waals surface area contributed by atoms with E-state index in [-0.39, 0.29) is 18.1 Å². The number of ether oxygens (including phenoxy) is 2. The van der Waals surface area contributed by atoms with Crippen LogP contribution in [0, 0.1) is 0 Å². The molecule has 1 amide bonds. The molecule has 0 saturated heterocycles. The Morgan fingerprint density at radius 3 is 2.56 bits per heavy atom. The van der Waals surface area contributed by atoms with Gasteiger partial charge in [0, 0.05) is 11.1 Å². The van der Waals surface area contributed by atoms with Crippen molar-refractivity contribution in [1.29, 1.82) is 0 Å². The number of carbonyl (C=O) groups is 2. The second-order valence-electron chi connectivity index (χ2n) is 5.11. The van der Waals surface area contributed by atoms with Crippen LogP contribution in [-0.2, 0) is 16.1 Å². The van der Waals surface area contributed by atoms with Crippen molar-refractivity contribution in [2.45, 2.75) is 19.6 Å². The van der Waals surface area contributed by atoms with Gasteiger partial charge in [0.25, 0.3) is 5.91 Å². The van der Waals surface area contributed by atoms with Crippen LogP contribution >= 0.6 is 11.6 Å². The molecule has 0 radical (unpaired) electrons. The van der Waals surface area contributed by atoms with Gasteiger partial charge in [-0.2, -0.15) is 0 Å². The molecule has 2 rings (SSSR count). The Hall–Kier alpha value is -2.80. The highest BCUT2D eigenvalue weighted by Gasteiger charge is 2.19. The van der Waals surface area contributed by atoms with Gasteiger partial charge in [-0.25, -0.2) is 4.79 Å². The van der Waals surface area contributed by atoms with Crippen molar-refractivity contribution in [2.24, 2.45) is 0 Å². The molecule has 2 aromatic rings. The second-order valence-corrected chi connectivity index (χ2v) is 5.54. The normalized spacial score (nSPS) is 11.5. The molecule has 0 aliphatic rings. The number of hydrogen-bond acceptors (Lipinski definition) is 6. The van der Waals surface area contributed by atoms with Gasteiger partial charge in [-0.05, 0) is 24.6 Å². The van der Waals surface area contributed by atoms with Crippen LogP contribution in [0.1, 0.15) is 23.0 Å². The highest BCUT2D eigenvalue weighted by atomic mass is 35.5. The highest BCUT2D eigenvalue weighted by molar-refractivity contribution is 6.30. The lowest BCUT2D eigenvalue weighted by atomic mass is 10.2. The summed E-state index contributed by atoms with van der Waals surface area (Å²) in [6.45, 7) is 1.60. The number of carbonyl (C=O) groups excluding carboxylic acids is 2. The summed E-state index contributed by atoms with van der Waals surface area (Å²) in [6.07, 6.45) is 1.05. The minimum Gasteiger partial charge on any atom is -0.482 e. The van der Waals surface area contributed by atoms with Crippen LogP contribution < -0.4 is 15.5 Å². The molecule has 1 heterocycles. The van der Waals surface area contributed by atoms with Gasteiger partial charge >= 0.3 is 5.97 Å². The molecule has 0 fully saturated rings. The van der Waals surface area contributed by atoms with Gasteiger partial charge < -0.3 is 19.2 Å². The monoisotopic (exact) mass is 365 g/mol. The Morgan fingerprint density at radius 1 is 1.28 bits per heavy atom. The van der Waals surface area contributed by atoms with Crippen molar-refractivity contribution in [3.63, 3.8) is 0 Å². The third-order valence-electron chi connectivity index (χ3n) is 3.23. The third kappa shape index (κ3) is 5.09. The first-order valence-electron chi connectivity index (χ1n) is 7.29. The molecule has 132 valence electrons. The molecular weight excluding hydrogens is 350 g/mol. The first-order chi connectivity index (χ1) is 11.9. The lowest BCUT2D eigenvalue weighted by Crippen LogP contribution is -2.39. The van der Waals surface area contributed by atoms with Crippen molar-refractivity contribution in [1.82, 2.24) is 5.32 Å². The van der Waals surface area contributed by atoms with Crippen molar-refractivity contribution in [3.05, 3.63) is 63.2 Å². The third-order valence-corrected chi connectivity index (χ3v) is 3.48. The van der Waals surface area contributed by atoms with Crippen LogP contribution in [0.5, 0.6) is 5.75 Å². The summed E-state index contributed by atoms with van der Waals surface area (Å²) in [7, 11) is 1.21. The predicted molar refractivity (Wildman–Crippen MR) is 89.7 cm³/mol. The maximum absolute atomic E-state index is 12.0. The average molecular weight is 366 g/mol. The van der Waals surface area contributed by atoms with Gasteiger partial charge in [0.15, 0.2) is 5.76 Å². The SMILES string of the molecule is COC(=O)[C@H](C)NC(=O)c1cc(=O)c(OCc2ccc(Cl)cc2)co1. The zero-order chi connectivity index (χ0) is 18.4. The van der Waals surface area contributed by atoms with Crippen molar-refractivity contribution in [2.75, 3.05) is 7.11 Å². The minimum atomic E-state index is -0.872. The summed E-state index contributed by atoms with van der Waals surface area (Å²) in [5.41, 5.74) is 0.300. The number of halogens is 1. The van der Waals surface area contributed by atoms with Gasteiger partial charge in [0.2, 0.25) is 11.2 Å². The molecule has 0 aliphatic carbocycles. The quantitative estimate of drug-likeness (QED) is 0.788. The molecule has 7 nitrogen and oxygen atoms in total. The zero-order valence-corrected chi connectivity index (χ0v) is 14.3. The van der Waals surface area contributed by atoms with E-state index in [1.807, 2.05) is 0 Å². The van der Waals surface area contributed by atoms with Crippen molar-refractivity contribution in [3.8, 4) is 5.75 Å². The van der Waals surface area contributed by atoms with Gasteiger partial charge in [-0.3, -0.25) is 9.59 Å². The molecule has 25 heavy (non-hydrogen) atoms. The van der Waals surface area contributed by atoms with E-state index in [2.05, 4.69) is 10.1 Å². The molecule has 1 N–H and O–H groups in total. The fourth-order valence-electron chi connectivity index (χ4n) is 1.87. The van der Waals surface area contributed by atoms with Crippen molar-refractivity contribution >= 4 is 23.5 Å². The van der Waals surface area contributed by atoms with E-state index in [1.165, 1.54) is 14.0 Å². The van der Waals surface area contributed by atoms with Gasteiger partial charge in [0.1, 0.15) is 18.9 Å². The van der Waals surface area contributed by atoms with Crippen molar-refractivity contribution < 1.29 is 23.5 Å². The Bertz CT molecular complexity index is 815. The molecule has 0 saturated carbocycles. The Kier molecular flexibility index (Phi) is 6.19. The molecule has 0 unspecified atom stereocenters. The summed E-state index contributed by atoms with van der Waals surface area (Å²) in [4.78, 5) is 35.2. The Morgan fingerprint density at radius 2 is 1.96 bits per heavy atom. The molecular formula is C17H16ClNO6. The zero-order valence-electron chi connectivity index (χ0n) is 13.6. The number of nitrogens with one attached hydrogen (secondary N) is 1. The summed E-state index contributed by atoms with van der Waals surface area (Å²) < 4.78 is 15.0. The van der Waals surface area contributed by atoms with E-state index in [4.69, 9.17) is 20.8 Å². The highest BCUT2D eigenvalue weighted by Crippen LogP contribution is 2.12. The average Bonchev–Trinajstić information content (AvgIpc) is 2.61. The summed E-state index contributed by atoms with van der Waals surface area (Å²) in [5.74, 6) is -1.59. The molecule has 1 aromatic heterocycles. The van der Waals surface area contributed by atoms with E-state index in [0.717, 1.165) is 17.9 Å². The lowest BCUT2D eigenvalue weighted by molar-refractivity contribution is -0.142. The summed E-state index contributed by atoms with van der Waals surface area (Å²) in [5, 5.41) is 2.95. The molecule has 8 heteroatoms. The van der Waals surface area contributed by atoms with E-state index in [0.29, 0.717) is 5.02 Å². The van der Waals surface area contributed by atoms with Gasteiger partial charge in [0.05, 0.1) is 7.11 Å². The number of hydrogen-bond donors (Lipinski definition) is 1. The number of benzene rings is 1. The summed E-state index contributed by atoms with van der Waals surface area (Å²) >= 11 is 5.79. The number of methoxy groups -OCH3 is 1. The minimum absolute atomic E-state index is 0.0347. The molecule has 1 atom stereocenters. The number of amides is 1. The van der Waals surface area contributed by atoms with Gasteiger partial charge in [-0.15, -0.1) is 0 Å². The van der Waals surface area contributed by atoms with Crippen LogP contribution in [0.4, 0.5) is 0 Å². The topological polar surface area (TPSA) is 94.8 Å². The van der Waals surface area contributed by atoms with E-state index >= 15 is 0 Å². The number of esters is 1. The second kappa shape index (κ2) is 8.34. The number of rotatable bonds is 6. The Labute approximate surface area is 148 Å².